The summed E-state index contributed by atoms with van der Waals surface area (Å²) in [5.74, 6) is 1.62. The molecule has 0 aliphatic heterocycles. The molecular formula is C28H31N7O2. The molecule has 3 heterocycles. The third kappa shape index (κ3) is 5.00. The lowest BCUT2D eigenvalue weighted by Gasteiger charge is -2.16. The number of methoxy groups -OCH3 is 2. The molecular weight excluding hydrogens is 466 g/mol. The Bertz CT molecular complexity index is 1470. The summed E-state index contributed by atoms with van der Waals surface area (Å²) in [6.07, 6.45) is 2.55. The highest BCUT2D eigenvalue weighted by molar-refractivity contribution is 5.80. The number of aryl methyl sites for hydroxylation is 2. The number of H-pyrrole nitrogens is 1. The Morgan fingerprint density at radius 2 is 1.73 bits per heavy atom. The van der Waals surface area contributed by atoms with Gasteiger partial charge in [0.15, 0.2) is 5.65 Å². The maximum absolute atomic E-state index is 5.51. The van der Waals surface area contributed by atoms with Crippen LogP contribution in [0.2, 0.25) is 0 Å². The monoisotopic (exact) mass is 497 g/mol. The van der Waals surface area contributed by atoms with E-state index in [-0.39, 0.29) is 0 Å². The first-order valence-electron chi connectivity index (χ1n) is 12.5. The highest BCUT2D eigenvalue weighted by Gasteiger charge is 2.20. The van der Waals surface area contributed by atoms with Crippen LogP contribution in [0.25, 0.3) is 33.7 Å². The number of aromatic amines is 1. The van der Waals surface area contributed by atoms with Crippen molar-refractivity contribution in [3.8, 4) is 22.5 Å². The number of hydrogen-bond acceptors (Lipinski definition) is 7. The van der Waals surface area contributed by atoms with Gasteiger partial charge in [0.25, 0.3) is 0 Å². The molecule has 0 fully saturated rings. The molecule has 0 saturated carbocycles. The lowest BCUT2D eigenvalue weighted by Crippen LogP contribution is -2.11. The second-order valence-electron chi connectivity index (χ2n) is 9.03. The van der Waals surface area contributed by atoms with E-state index >= 15 is 0 Å². The second kappa shape index (κ2) is 11.0. The lowest BCUT2D eigenvalue weighted by molar-refractivity contribution is -0.108. The van der Waals surface area contributed by atoms with Crippen molar-refractivity contribution in [2.45, 2.75) is 45.9 Å². The van der Waals surface area contributed by atoms with E-state index in [1.165, 1.54) is 0 Å². The lowest BCUT2D eigenvalue weighted by atomic mass is 9.98. The molecule has 5 aromatic rings. The first kappa shape index (κ1) is 24.7. The quantitative estimate of drug-likeness (QED) is 0.262. The zero-order valence-electron chi connectivity index (χ0n) is 21.6. The molecule has 0 atom stereocenters. The van der Waals surface area contributed by atoms with Crippen molar-refractivity contribution < 1.29 is 9.47 Å². The third-order valence-electron chi connectivity index (χ3n) is 6.55. The Kier molecular flexibility index (Phi) is 7.34. The predicted octanol–water partition coefficient (Wildman–Crippen LogP) is 5.27. The Balaban J connectivity index is 1.51. The van der Waals surface area contributed by atoms with Gasteiger partial charge < -0.3 is 14.0 Å². The average Bonchev–Trinajstić information content (AvgIpc) is 3.57. The van der Waals surface area contributed by atoms with Crippen LogP contribution in [0.15, 0.2) is 54.6 Å². The largest absolute Gasteiger partial charge is 0.350 e. The molecule has 3 aromatic heterocycles. The number of benzene rings is 2. The summed E-state index contributed by atoms with van der Waals surface area (Å²) in [4.78, 5) is 9.94. The van der Waals surface area contributed by atoms with Crippen LogP contribution in [0.5, 0.6) is 0 Å². The Labute approximate surface area is 215 Å². The Morgan fingerprint density at radius 3 is 2.41 bits per heavy atom. The number of tetrazole rings is 1. The van der Waals surface area contributed by atoms with Crippen LogP contribution >= 0.6 is 0 Å². The maximum atomic E-state index is 5.51. The average molecular weight is 498 g/mol. The van der Waals surface area contributed by atoms with Gasteiger partial charge in [0.1, 0.15) is 17.0 Å². The van der Waals surface area contributed by atoms with E-state index in [0.717, 1.165) is 69.8 Å². The number of rotatable bonds is 10. The van der Waals surface area contributed by atoms with E-state index in [1.807, 2.05) is 25.1 Å². The second-order valence-corrected chi connectivity index (χ2v) is 9.03. The Hall–Kier alpha value is -3.95. The Morgan fingerprint density at radius 1 is 0.973 bits per heavy atom. The fraction of sp³-hybridized carbons (Fsp3) is 0.321. The van der Waals surface area contributed by atoms with E-state index in [2.05, 4.69) is 68.5 Å². The molecule has 0 unspecified atom stereocenters. The molecule has 0 amide bonds. The number of fused-ring (bicyclic) bond motifs is 1. The number of unbranched alkanes of at least 4 members (excludes halogenated alkanes) is 1. The first-order valence-corrected chi connectivity index (χ1v) is 12.5. The predicted molar refractivity (Wildman–Crippen MR) is 142 cm³/mol. The molecule has 9 heteroatoms. The number of pyridine rings is 1. The molecule has 0 aliphatic rings. The van der Waals surface area contributed by atoms with Gasteiger partial charge in [0, 0.05) is 26.2 Å². The first-order chi connectivity index (χ1) is 18.1. The summed E-state index contributed by atoms with van der Waals surface area (Å²) < 4.78 is 13.2. The van der Waals surface area contributed by atoms with Gasteiger partial charge in [-0.25, -0.2) is 9.97 Å². The fourth-order valence-corrected chi connectivity index (χ4v) is 4.63. The van der Waals surface area contributed by atoms with Gasteiger partial charge in [-0.05, 0) is 46.9 Å². The summed E-state index contributed by atoms with van der Waals surface area (Å²) in [6.45, 7) is 4.88. The molecule has 1 N–H and O–H groups in total. The summed E-state index contributed by atoms with van der Waals surface area (Å²) in [5, 5.41) is 14.6. The van der Waals surface area contributed by atoms with Crippen molar-refractivity contribution in [3.05, 3.63) is 77.2 Å². The molecule has 0 aliphatic carbocycles. The normalized spacial score (nSPS) is 11.6. The van der Waals surface area contributed by atoms with Crippen LogP contribution in [-0.2, 0) is 22.4 Å². The highest BCUT2D eigenvalue weighted by atomic mass is 16.7. The van der Waals surface area contributed by atoms with Crippen LogP contribution in [0.4, 0.5) is 0 Å². The van der Waals surface area contributed by atoms with Crippen LogP contribution in [0, 0.1) is 6.92 Å². The number of imidazole rings is 1. The number of nitrogens with one attached hydrogen (secondary N) is 1. The number of nitrogens with zero attached hydrogens (tertiary/aromatic N) is 6. The standard InChI is InChI=1S/C28H31N7O2/c1-5-6-11-24-29-23-16-18(2)25(28(36-3)37-4)30-27(23)35(24)17-19-12-14-20(15-13-19)21-9-7-8-10-22(21)26-31-33-34-32-26/h7-10,12-16,28H,5-6,11,17H2,1-4H3,(H,31,32,33,34). The van der Waals surface area contributed by atoms with Gasteiger partial charge in [0.2, 0.25) is 12.1 Å². The van der Waals surface area contributed by atoms with Crippen LogP contribution in [0.1, 0.15) is 48.7 Å². The molecule has 0 spiro atoms. The van der Waals surface area contributed by atoms with Gasteiger partial charge in [-0.3, -0.25) is 0 Å². The van der Waals surface area contributed by atoms with Gasteiger partial charge in [0.05, 0.1) is 6.54 Å². The summed E-state index contributed by atoms with van der Waals surface area (Å²) in [7, 11) is 3.25. The number of aromatic nitrogens is 7. The minimum atomic E-state index is -0.523. The molecule has 5 rings (SSSR count). The number of hydrogen-bond donors (Lipinski definition) is 1. The minimum Gasteiger partial charge on any atom is -0.350 e. The van der Waals surface area contributed by atoms with Crippen molar-refractivity contribution in [1.29, 1.82) is 0 Å². The van der Waals surface area contributed by atoms with Crippen LogP contribution in [0.3, 0.4) is 0 Å². The summed E-state index contributed by atoms with van der Waals surface area (Å²) in [6, 6.07) is 18.7. The zero-order chi connectivity index (χ0) is 25.8. The van der Waals surface area contributed by atoms with E-state index in [9.17, 15) is 0 Å². The molecule has 0 bridgehead atoms. The molecule has 190 valence electrons. The van der Waals surface area contributed by atoms with Gasteiger partial charge in [-0.2, -0.15) is 5.21 Å². The van der Waals surface area contributed by atoms with Crippen molar-refractivity contribution in [1.82, 2.24) is 35.2 Å². The maximum Gasteiger partial charge on any atom is 0.205 e. The SMILES string of the molecule is CCCCc1nc2cc(C)c(C(OC)OC)nc2n1Cc1ccc(-c2ccccc2-c2nn[nH]n2)cc1. The van der Waals surface area contributed by atoms with Crippen LogP contribution < -0.4 is 0 Å². The van der Waals surface area contributed by atoms with Gasteiger partial charge >= 0.3 is 0 Å². The molecule has 0 saturated heterocycles. The third-order valence-corrected chi connectivity index (χ3v) is 6.55. The van der Waals surface area contributed by atoms with E-state index < -0.39 is 6.29 Å². The molecule has 37 heavy (non-hydrogen) atoms. The smallest absolute Gasteiger partial charge is 0.205 e. The van der Waals surface area contributed by atoms with Crippen LogP contribution in [-0.4, -0.2) is 49.4 Å². The summed E-state index contributed by atoms with van der Waals surface area (Å²) in [5.41, 5.74) is 7.75. The van der Waals surface area contributed by atoms with E-state index in [4.69, 9.17) is 19.4 Å². The zero-order valence-corrected chi connectivity index (χ0v) is 21.6. The van der Waals surface area contributed by atoms with E-state index in [0.29, 0.717) is 12.4 Å². The highest BCUT2D eigenvalue weighted by Crippen LogP contribution is 2.30. The minimum absolute atomic E-state index is 0.523. The fourth-order valence-electron chi connectivity index (χ4n) is 4.63. The molecule has 0 radical (unpaired) electrons. The number of ether oxygens (including phenoxy) is 2. The van der Waals surface area contributed by atoms with Gasteiger partial charge in [-0.1, -0.05) is 61.9 Å². The topological polar surface area (TPSA) is 104 Å². The molecule has 9 nitrogen and oxygen atoms in total. The van der Waals surface area contributed by atoms with Crippen molar-refractivity contribution in [2.75, 3.05) is 14.2 Å². The van der Waals surface area contributed by atoms with E-state index in [1.54, 1.807) is 14.2 Å². The van der Waals surface area contributed by atoms with Gasteiger partial charge in [-0.15, -0.1) is 10.2 Å². The summed E-state index contributed by atoms with van der Waals surface area (Å²) >= 11 is 0. The molecule has 2 aromatic carbocycles. The van der Waals surface area contributed by atoms with Crippen molar-refractivity contribution in [2.24, 2.45) is 0 Å². The van der Waals surface area contributed by atoms with Crippen molar-refractivity contribution >= 4 is 11.2 Å². The van der Waals surface area contributed by atoms with Crippen molar-refractivity contribution in [3.63, 3.8) is 0 Å².